The molecular formula is C12H12N4O3. The van der Waals surface area contributed by atoms with Crippen molar-refractivity contribution in [1.29, 1.82) is 0 Å². The van der Waals surface area contributed by atoms with Crippen LogP contribution in [0.25, 0.3) is 5.69 Å². The highest BCUT2D eigenvalue weighted by Gasteiger charge is 2.10. The second-order valence-corrected chi connectivity index (χ2v) is 3.78. The largest absolute Gasteiger partial charge is 0.351 e. The number of hydrogen-bond donors (Lipinski definition) is 1. The van der Waals surface area contributed by atoms with Crippen molar-refractivity contribution in [3.63, 3.8) is 0 Å². The molecule has 1 N–H and O–H groups in total. The fourth-order valence-electron chi connectivity index (χ4n) is 1.57. The highest BCUT2D eigenvalue weighted by atomic mass is 16.6. The van der Waals surface area contributed by atoms with E-state index in [1.165, 1.54) is 16.8 Å². The van der Waals surface area contributed by atoms with Crippen LogP contribution in [0.15, 0.2) is 36.5 Å². The predicted molar refractivity (Wildman–Crippen MR) is 68.2 cm³/mol. The molecule has 0 aliphatic carbocycles. The summed E-state index contributed by atoms with van der Waals surface area (Å²) in [6.45, 7) is 2.36. The van der Waals surface area contributed by atoms with Crippen molar-refractivity contribution in [2.45, 2.75) is 6.92 Å². The Bertz CT molecular complexity index is 604. The van der Waals surface area contributed by atoms with E-state index in [0.717, 1.165) is 0 Å². The van der Waals surface area contributed by atoms with Gasteiger partial charge in [-0.3, -0.25) is 14.9 Å². The Morgan fingerprint density at radius 1 is 1.37 bits per heavy atom. The summed E-state index contributed by atoms with van der Waals surface area (Å²) in [5.41, 5.74) is 0.973. The molecule has 0 aliphatic heterocycles. The standard InChI is InChI=1S/C12H12N4O3/c1-2-13-12(17)11-7-8-15(14-11)9-3-5-10(6-4-9)16(18)19/h3-8H,2H2,1H3,(H,13,17). The zero-order chi connectivity index (χ0) is 13.8. The van der Waals surface area contributed by atoms with Gasteiger partial charge in [-0.1, -0.05) is 0 Å². The summed E-state index contributed by atoms with van der Waals surface area (Å²) < 4.78 is 1.49. The lowest BCUT2D eigenvalue weighted by Gasteiger charge is -2.01. The van der Waals surface area contributed by atoms with Gasteiger partial charge in [0.2, 0.25) is 0 Å². The lowest BCUT2D eigenvalue weighted by Crippen LogP contribution is -2.23. The predicted octanol–water partition coefficient (Wildman–Crippen LogP) is 1.53. The van der Waals surface area contributed by atoms with Crippen molar-refractivity contribution in [1.82, 2.24) is 15.1 Å². The molecular weight excluding hydrogens is 248 g/mol. The molecule has 0 radical (unpaired) electrons. The van der Waals surface area contributed by atoms with Gasteiger partial charge in [0.15, 0.2) is 5.69 Å². The highest BCUT2D eigenvalue weighted by Crippen LogP contribution is 2.14. The minimum atomic E-state index is -0.465. The molecule has 0 fully saturated rings. The maximum absolute atomic E-state index is 11.6. The average Bonchev–Trinajstić information content (AvgIpc) is 2.89. The van der Waals surface area contributed by atoms with Crippen molar-refractivity contribution in [3.8, 4) is 5.69 Å². The molecule has 2 aromatic rings. The van der Waals surface area contributed by atoms with Gasteiger partial charge in [0.1, 0.15) is 0 Å². The van der Waals surface area contributed by atoms with Gasteiger partial charge in [0, 0.05) is 24.9 Å². The second kappa shape index (κ2) is 5.30. The van der Waals surface area contributed by atoms with Crippen molar-refractivity contribution < 1.29 is 9.72 Å². The molecule has 0 bridgehead atoms. The van der Waals surface area contributed by atoms with E-state index in [1.54, 1.807) is 24.4 Å². The number of hydrogen-bond acceptors (Lipinski definition) is 4. The summed E-state index contributed by atoms with van der Waals surface area (Å²) in [5.74, 6) is -0.247. The van der Waals surface area contributed by atoms with Gasteiger partial charge in [-0.05, 0) is 25.1 Å². The number of nitro benzene ring substituents is 1. The average molecular weight is 260 g/mol. The van der Waals surface area contributed by atoms with Crippen LogP contribution < -0.4 is 5.32 Å². The molecule has 0 atom stereocenters. The van der Waals surface area contributed by atoms with E-state index in [0.29, 0.717) is 17.9 Å². The number of benzene rings is 1. The van der Waals surface area contributed by atoms with E-state index in [2.05, 4.69) is 10.4 Å². The molecule has 7 nitrogen and oxygen atoms in total. The van der Waals surface area contributed by atoms with Gasteiger partial charge in [0.25, 0.3) is 11.6 Å². The molecule has 0 spiro atoms. The summed E-state index contributed by atoms with van der Waals surface area (Å²) in [6.07, 6.45) is 1.63. The van der Waals surface area contributed by atoms with Crippen LogP contribution in [0.3, 0.4) is 0 Å². The molecule has 0 saturated heterocycles. The van der Waals surface area contributed by atoms with E-state index in [4.69, 9.17) is 0 Å². The monoisotopic (exact) mass is 260 g/mol. The van der Waals surface area contributed by atoms with E-state index in [-0.39, 0.29) is 11.6 Å². The van der Waals surface area contributed by atoms with Gasteiger partial charge in [-0.15, -0.1) is 0 Å². The van der Waals surface area contributed by atoms with Crippen LogP contribution in [0.2, 0.25) is 0 Å². The molecule has 1 heterocycles. The first-order valence-corrected chi connectivity index (χ1v) is 5.70. The topological polar surface area (TPSA) is 90.1 Å². The smallest absolute Gasteiger partial charge is 0.271 e. The van der Waals surface area contributed by atoms with Crippen LogP contribution in [0.4, 0.5) is 5.69 Å². The highest BCUT2D eigenvalue weighted by molar-refractivity contribution is 5.92. The van der Waals surface area contributed by atoms with Gasteiger partial charge in [0.05, 0.1) is 10.6 Å². The molecule has 1 aromatic carbocycles. The van der Waals surface area contributed by atoms with Gasteiger partial charge in [-0.25, -0.2) is 4.68 Å². The van der Waals surface area contributed by atoms with E-state index < -0.39 is 4.92 Å². The zero-order valence-corrected chi connectivity index (χ0v) is 10.2. The molecule has 0 unspecified atom stereocenters. The summed E-state index contributed by atoms with van der Waals surface area (Å²) >= 11 is 0. The number of aromatic nitrogens is 2. The summed E-state index contributed by atoms with van der Waals surface area (Å²) in [7, 11) is 0. The number of rotatable bonds is 4. The van der Waals surface area contributed by atoms with Crippen molar-refractivity contribution in [2.24, 2.45) is 0 Å². The number of nitrogens with zero attached hydrogens (tertiary/aromatic N) is 3. The van der Waals surface area contributed by atoms with E-state index in [9.17, 15) is 14.9 Å². The molecule has 1 aromatic heterocycles. The lowest BCUT2D eigenvalue weighted by molar-refractivity contribution is -0.384. The Morgan fingerprint density at radius 2 is 2.05 bits per heavy atom. The van der Waals surface area contributed by atoms with Crippen molar-refractivity contribution in [2.75, 3.05) is 6.54 Å². The lowest BCUT2D eigenvalue weighted by atomic mass is 10.3. The zero-order valence-electron chi connectivity index (χ0n) is 10.2. The molecule has 19 heavy (non-hydrogen) atoms. The van der Waals surface area contributed by atoms with Crippen LogP contribution >= 0.6 is 0 Å². The Hall–Kier alpha value is -2.70. The SMILES string of the molecule is CCNC(=O)c1ccn(-c2ccc([N+](=O)[O-])cc2)n1. The molecule has 7 heteroatoms. The molecule has 2 rings (SSSR count). The van der Waals surface area contributed by atoms with Gasteiger partial charge >= 0.3 is 0 Å². The first kappa shape index (κ1) is 12.7. The quantitative estimate of drug-likeness (QED) is 0.666. The summed E-state index contributed by atoms with van der Waals surface area (Å²) in [5, 5.41) is 17.3. The first-order valence-electron chi connectivity index (χ1n) is 5.70. The normalized spacial score (nSPS) is 10.2. The van der Waals surface area contributed by atoms with Crippen LogP contribution in [0.5, 0.6) is 0 Å². The molecule has 1 amide bonds. The Morgan fingerprint density at radius 3 is 2.63 bits per heavy atom. The third-order valence-electron chi connectivity index (χ3n) is 2.48. The van der Waals surface area contributed by atoms with Crippen LogP contribution in [-0.4, -0.2) is 27.2 Å². The number of nitrogens with one attached hydrogen (secondary N) is 1. The Kier molecular flexibility index (Phi) is 3.56. The number of carbonyl (C=O) groups is 1. The maximum Gasteiger partial charge on any atom is 0.271 e. The number of amides is 1. The van der Waals surface area contributed by atoms with E-state index in [1.807, 2.05) is 6.92 Å². The molecule has 0 aliphatic rings. The van der Waals surface area contributed by atoms with E-state index >= 15 is 0 Å². The Balaban J connectivity index is 2.23. The van der Waals surface area contributed by atoms with Crippen LogP contribution in [0.1, 0.15) is 17.4 Å². The van der Waals surface area contributed by atoms with Gasteiger partial charge < -0.3 is 5.32 Å². The third kappa shape index (κ3) is 2.76. The van der Waals surface area contributed by atoms with Crippen molar-refractivity contribution in [3.05, 3.63) is 52.3 Å². The summed E-state index contributed by atoms with van der Waals surface area (Å²) in [6, 6.07) is 7.53. The number of non-ortho nitro benzene ring substituents is 1. The summed E-state index contributed by atoms with van der Waals surface area (Å²) in [4.78, 5) is 21.6. The first-order chi connectivity index (χ1) is 9.11. The van der Waals surface area contributed by atoms with Crippen molar-refractivity contribution >= 4 is 11.6 Å². The maximum atomic E-state index is 11.6. The Labute approximate surface area is 109 Å². The number of nitro groups is 1. The minimum absolute atomic E-state index is 0.0138. The fraction of sp³-hybridized carbons (Fsp3) is 0.167. The fourth-order valence-corrected chi connectivity index (χ4v) is 1.57. The third-order valence-corrected chi connectivity index (χ3v) is 2.48. The second-order valence-electron chi connectivity index (χ2n) is 3.78. The number of carbonyl (C=O) groups excluding carboxylic acids is 1. The van der Waals surface area contributed by atoms with Gasteiger partial charge in [-0.2, -0.15) is 5.10 Å². The van der Waals surface area contributed by atoms with Crippen LogP contribution in [0, 0.1) is 10.1 Å². The minimum Gasteiger partial charge on any atom is -0.351 e. The van der Waals surface area contributed by atoms with Crippen LogP contribution in [-0.2, 0) is 0 Å². The molecule has 0 saturated carbocycles. The molecule has 98 valence electrons.